The first-order valence-corrected chi connectivity index (χ1v) is 7.43. The van der Waals surface area contributed by atoms with E-state index in [2.05, 4.69) is 60.6 Å². The molecule has 3 N–H and O–H groups in total. The highest BCUT2D eigenvalue weighted by Gasteiger charge is 2.17. The van der Waals surface area contributed by atoms with E-state index in [1.54, 1.807) is 0 Å². The van der Waals surface area contributed by atoms with Gasteiger partial charge in [0.05, 0.1) is 11.9 Å². The molecule has 4 nitrogen and oxygen atoms in total. The molecule has 0 aliphatic carbocycles. The molecule has 0 fully saturated rings. The number of nitrogens with one attached hydrogen (secondary N) is 2. The molecule has 4 heteroatoms. The topological polar surface area (TPSA) is 60.9 Å². The van der Waals surface area contributed by atoms with Crippen LogP contribution < -0.4 is 5.32 Å². The normalized spacial score (nSPS) is 11.8. The van der Waals surface area contributed by atoms with Crippen LogP contribution in [0.4, 0.5) is 0 Å². The predicted octanol–water partition coefficient (Wildman–Crippen LogP) is 2.88. The maximum absolute atomic E-state index is 9.06. The molecule has 0 aliphatic rings. The smallest absolute Gasteiger partial charge is 0.0695 e. The van der Waals surface area contributed by atoms with Crippen molar-refractivity contribution in [2.45, 2.75) is 33.7 Å². The van der Waals surface area contributed by atoms with Gasteiger partial charge >= 0.3 is 0 Å². The second-order valence-corrected chi connectivity index (χ2v) is 6.38. The number of benzene rings is 1. The molecular formula is C17H25N3O. The summed E-state index contributed by atoms with van der Waals surface area (Å²) in [7, 11) is 0. The lowest BCUT2D eigenvalue weighted by Gasteiger charge is -2.23. The molecule has 114 valence electrons. The summed E-state index contributed by atoms with van der Waals surface area (Å²) in [5.41, 5.74) is 4.75. The third-order valence-electron chi connectivity index (χ3n) is 3.77. The van der Waals surface area contributed by atoms with Gasteiger partial charge in [-0.05, 0) is 24.3 Å². The van der Waals surface area contributed by atoms with Gasteiger partial charge in [0.2, 0.25) is 0 Å². The second kappa shape index (κ2) is 6.87. The first-order valence-electron chi connectivity index (χ1n) is 7.43. The molecule has 0 saturated carbocycles. The van der Waals surface area contributed by atoms with Crippen molar-refractivity contribution in [3.05, 3.63) is 41.6 Å². The molecule has 2 rings (SSSR count). The summed E-state index contributed by atoms with van der Waals surface area (Å²) < 4.78 is 0. The molecule has 0 radical (unpaired) electrons. The molecular weight excluding hydrogens is 262 g/mol. The van der Waals surface area contributed by atoms with Gasteiger partial charge in [-0.15, -0.1) is 0 Å². The van der Waals surface area contributed by atoms with E-state index < -0.39 is 0 Å². The van der Waals surface area contributed by atoms with Crippen molar-refractivity contribution in [3.8, 4) is 11.3 Å². The largest absolute Gasteiger partial charge is 0.396 e. The van der Waals surface area contributed by atoms with Crippen molar-refractivity contribution in [3.63, 3.8) is 0 Å². The van der Waals surface area contributed by atoms with Crippen LogP contribution in [0, 0.1) is 12.3 Å². The minimum absolute atomic E-state index is 0.0997. The zero-order valence-electron chi connectivity index (χ0n) is 13.1. The summed E-state index contributed by atoms with van der Waals surface area (Å²) in [4.78, 5) is 0. The van der Waals surface area contributed by atoms with Gasteiger partial charge in [-0.25, -0.2) is 0 Å². The minimum Gasteiger partial charge on any atom is -0.396 e. The lowest BCUT2D eigenvalue weighted by Crippen LogP contribution is -2.29. The number of aliphatic hydroxyl groups is 1. The molecule has 2 aromatic rings. The Kier molecular flexibility index (Phi) is 5.15. The fourth-order valence-electron chi connectivity index (χ4n) is 2.34. The summed E-state index contributed by atoms with van der Waals surface area (Å²) in [6.07, 6.45) is 2.68. The number of aliphatic hydroxyl groups excluding tert-OH is 1. The van der Waals surface area contributed by atoms with Crippen LogP contribution in [0.1, 0.15) is 31.4 Å². The lowest BCUT2D eigenvalue weighted by atomic mass is 9.90. The van der Waals surface area contributed by atoms with Crippen LogP contribution in [-0.4, -0.2) is 28.5 Å². The van der Waals surface area contributed by atoms with E-state index in [4.69, 9.17) is 5.11 Å². The Morgan fingerprint density at radius 3 is 2.62 bits per heavy atom. The Morgan fingerprint density at radius 1 is 1.24 bits per heavy atom. The number of rotatable bonds is 7. The second-order valence-electron chi connectivity index (χ2n) is 6.38. The van der Waals surface area contributed by atoms with Crippen LogP contribution in [0.25, 0.3) is 11.3 Å². The predicted molar refractivity (Wildman–Crippen MR) is 86.0 cm³/mol. The third kappa shape index (κ3) is 4.41. The van der Waals surface area contributed by atoms with E-state index in [9.17, 15) is 0 Å². The van der Waals surface area contributed by atoms with E-state index in [1.807, 2.05) is 6.20 Å². The summed E-state index contributed by atoms with van der Waals surface area (Å²) in [5.74, 6) is 0. The zero-order valence-corrected chi connectivity index (χ0v) is 13.1. The van der Waals surface area contributed by atoms with E-state index in [0.29, 0.717) is 0 Å². The highest BCUT2D eigenvalue weighted by Crippen LogP contribution is 2.22. The van der Waals surface area contributed by atoms with Gasteiger partial charge in [-0.1, -0.05) is 43.7 Å². The molecule has 21 heavy (non-hydrogen) atoms. The molecule has 1 aromatic carbocycles. The van der Waals surface area contributed by atoms with Crippen molar-refractivity contribution in [1.82, 2.24) is 15.5 Å². The van der Waals surface area contributed by atoms with Crippen molar-refractivity contribution in [2.24, 2.45) is 5.41 Å². The maximum atomic E-state index is 9.06. The highest BCUT2D eigenvalue weighted by molar-refractivity contribution is 5.62. The van der Waals surface area contributed by atoms with Crippen molar-refractivity contribution in [2.75, 3.05) is 13.2 Å². The van der Waals surface area contributed by atoms with E-state index in [0.717, 1.165) is 30.8 Å². The number of aromatic amines is 1. The van der Waals surface area contributed by atoms with Gasteiger partial charge in [0.15, 0.2) is 0 Å². The standard InChI is InChI=1S/C17H25N3O/c1-13-4-6-14(7-5-13)16-15(11-19-20-16)10-18-12-17(2,3)8-9-21/h4-7,11,18,21H,8-10,12H2,1-3H3,(H,19,20). The Hall–Kier alpha value is -1.65. The fourth-order valence-corrected chi connectivity index (χ4v) is 2.34. The molecule has 0 amide bonds. The third-order valence-corrected chi connectivity index (χ3v) is 3.77. The van der Waals surface area contributed by atoms with Crippen LogP contribution >= 0.6 is 0 Å². The van der Waals surface area contributed by atoms with Gasteiger partial charge < -0.3 is 10.4 Å². The number of aromatic nitrogens is 2. The summed E-state index contributed by atoms with van der Waals surface area (Å²) >= 11 is 0. The highest BCUT2D eigenvalue weighted by atomic mass is 16.3. The van der Waals surface area contributed by atoms with Crippen LogP contribution in [0.15, 0.2) is 30.5 Å². The number of H-pyrrole nitrogens is 1. The molecule has 1 heterocycles. The first-order chi connectivity index (χ1) is 10.0. The number of hydrogen-bond acceptors (Lipinski definition) is 3. The van der Waals surface area contributed by atoms with E-state index in [1.165, 1.54) is 11.1 Å². The fraction of sp³-hybridized carbons (Fsp3) is 0.471. The Labute approximate surface area is 126 Å². The minimum atomic E-state index is 0.0997. The Balaban J connectivity index is 1.99. The van der Waals surface area contributed by atoms with Crippen molar-refractivity contribution < 1.29 is 5.11 Å². The molecule has 0 saturated heterocycles. The number of aryl methyl sites for hydroxylation is 1. The molecule has 0 bridgehead atoms. The molecule has 0 spiro atoms. The van der Waals surface area contributed by atoms with E-state index >= 15 is 0 Å². The SMILES string of the molecule is Cc1ccc(-c2[nH]ncc2CNCC(C)(C)CCO)cc1. The monoisotopic (exact) mass is 287 g/mol. The van der Waals surface area contributed by atoms with Gasteiger partial charge in [-0.2, -0.15) is 5.10 Å². The van der Waals surface area contributed by atoms with Gasteiger partial charge in [0.1, 0.15) is 0 Å². The van der Waals surface area contributed by atoms with E-state index in [-0.39, 0.29) is 12.0 Å². The van der Waals surface area contributed by atoms with Gasteiger partial charge in [0, 0.05) is 25.3 Å². The summed E-state index contributed by atoms with van der Waals surface area (Å²) in [5, 5.41) is 19.8. The Bertz CT molecular complexity index is 558. The molecule has 1 aromatic heterocycles. The van der Waals surface area contributed by atoms with Crippen LogP contribution in [0.3, 0.4) is 0 Å². The molecule has 0 aliphatic heterocycles. The average molecular weight is 287 g/mol. The zero-order chi connectivity index (χ0) is 15.3. The number of nitrogens with zero attached hydrogens (tertiary/aromatic N) is 1. The first kappa shape index (κ1) is 15.7. The number of hydrogen-bond donors (Lipinski definition) is 3. The van der Waals surface area contributed by atoms with Gasteiger partial charge in [0.25, 0.3) is 0 Å². The quantitative estimate of drug-likeness (QED) is 0.734. The van der Waals surface area contributed by atoms with Crippen LogP contribution in [0.2, 0.25) is 0 Å². The average Bonchev–Trinajstić information content (AvgIpc) is 2.88. The van der Waals surface area contributed by atoms with Crippen molar-refractivity contribution in [1.29, 1.82) is 0 Å². The Morgan fingerprint density at radius 2 is 1.95 bits per heavy atom. The van der Waals surface area contributed by atoms with Gasteiger partial charge in [-0.3, -0.25) is 5.10 Å². The lowest BCUT2D eigenvalue weighted by molar-refractivity contribution is 0.207. The van der Waals surface area contributed by atoms with Crippen LogP contribution in [0.5, 0.6) is 0 Å². The van der Waals surface area contributed by atoms with Crippen molar-refractivity contribution >= 4 is 0 Å². The molecule has 0 atom stereocenters. The molecule has 0 unspecified atom stereocenters. The summed E-state index contributed by atoms with van der Waals surface area (Å²) in [6.45, 7) is 8.27. The summed E-state index contributed by atoms with van der Waals surface area (Å²) in [6, 6.07) is 8.44. The maximum Gasteiger partial charge on any atom is 0.0695 e. The van der Waals surface area contributed by atoms with Crippen LogP contribution in [-0.2, 0) is 6.54 Å².